The average molecular weight is 287 g/mol. The van der Waals surface area contributed by atoms with Crippen molar-refractivity contribution in [3.63, 3.8) is 0 Å². The molecule has 1 unspecified atom stereocenters. The zero-order chi connectivity index (χ0) is 13.5. The molecular weight excluding hydrogens is 270 g/mol. The number of nitrogens with one attached hydrogen (secondary N) is 1. The molecule has 0 aliphatic carbocycles. The minimum atomic E-state index is -0.0457. The van der Waals surface area contributed by atoms with Gasteiger partial charge in [-0.1, -0.05) is 0 Å². The summed E-state index contributed by atoms with van der Waals surface area (Å²) < 4.78 is 1.13. The number of pyridine rings is 1. The van der Waals surface area contributed by atoms with E-state index in [1.807, 2.05) is 17.5 Å². The molecule has 3 aliphatic rings. The van der Waals surface area contributed by atoms with E-state index >= 15 is 0 Å². The maximum atomic E-state index is 12.4. The second kappa shape index (κ2) is 4.82. The van der Waals surface area contributed by atoms with Crippen LogP contribution in [0, 0.1) is 5.92 Å². The van der Waals surface area contributed by atoms with Crippen molar-refractivity contribution >= 4 is 27.3 Å². The number of fused-ring (bicyclic) bond motifs is 4. The van der Waals surface area contributed by atoms with Gasteiger partial charge in [0.15, 0.2) is 0 Å². The molecule has 1 atom stereocenters. The van der Waals surface area contributed by atoms with Gasteiger partial charge >= 0.3 is 0 Å². The van der Waals surface area contributed by atoms with Gasteiger partial charge < -0.3 is 5.32 Å². The summed E-state index contributed by atoms with van der Waals surface area (Å²) in [5.41, 5.74) is 0.526. The molecule has 1 N–H and O–H groups in total. The van der Waals surface area contributed by atoms with Crippen LogP contribution in [0.1, 0.15) is 29.8 Å². The lowest BCUT2D eigenvalue weighted by molar-refractivity contribution is 0.0293. The van der Waals surface area contributed by atoms with E-state index in [0.29, 0.717) is 5.69 Å². The zero-order valence-electron chi connectivity index (χ0n) is 11.2. The monoisotopic (exact) mass is 287 g/mol. The molecule has 3 saturated heterocycles. The van der Waals surface area contributed by atoms with E-state index in [0.717, 1.165) is 35.5 Å². The molecule has 5 heteroatoms. The highest BCUT2D eigenvalue weighted by molar-refractivity contribution is 7.17. The molecule has 5 heterocycles. The topological polar surface area (TPSA) is 45.2 Å². The normalized spacial score (nSPS) is 28.7. The first-order chi connectivity index (χ1) is 9.79. The second-order valence-corrected chi connectivity index (χ2v) is 6.68. The Hall–Kier alpha value is -1.46. The van der Waals surface area contributed by atoms with Crippen LogP contribution in [0.25, 0.3) is 10.1 Å². The van der Waals surface area contributed by atoms with Gasteiger partial charge in [-0.15, -0.1) is 11.3 Å². The van der Waals surface area contributed by atoms with Crippen LogP contribution in [-0.4, -0.2) is 35.0 Å². The third-order valence-corrected chi connectivity index (χ3v) is 5.38. The number of aromatic nitrogens is 1. The number of thiophene rings is 1. The van der Waals surface area contributed by atoms with Crippen molar-refractivity contribution in [3.05, 3.63) is 29.4 Å². The van der Waals surface area contributed by atoms with Crippen molar-refractivity contribution in [2.75, 3.05) is 13.1 Å². The van der Waals surface area contributed by atoms with Gasteiger partial charge in [-0.3, -0.25) is 9.69 Å². The van der Waals surface area contributed by atoms with Crippen LogP contribution < -0.4 is 5.32 Å². The molecule has 5 rings (SSSR count). The number of amides is 1. The predicted octanol–water partition coefficient (Wildman–Crippen LogP) is 2.47. The van der Waals surface area contributed by atoms with E-state index < -0.39 is 0 Å². The number of carbonyl (C=O) groups excluding carboxylic acids is 1. The van der Waals surface area contributed by atoms with Crippen LogP contribution in [0.2, 0.25) is 0 Å². The highest BCUT2D eigenvalue weighted by Gasteiger charge is 2.34. The summed E-state index contributed by atoms with van der Waals surface area (Å²) in [7, 11) is 0. The van der Waals surface area contributed by atoms with E-state index in [1.165, 1.54) is 12.8 Å². The third-order valence-electron chi connectivity index (χ3n) is 4.52. The maximum absolute atomic E-state index is 12.4. The van der Waals surface area contributed by atoms with E-state index in [4.69, 9.17) is 0 Å². The molecule has 1 amide bonds. The number of rotatable bonds is 2. The lowest BCUT2D eigenvalue weighted by atomic mass is 9.86. The second-order valence-electron chi connectivity index (χ2n) is 5.73. The molecule has 104 valence electrons. The Kier molecular flexibility index (Phi) is 2.97. The number of carbonyl (C=O) groups is 1. The fraction of sp³-hybridized carbons (Fsp3) is 0.467. The molecule has 0 saturated carbocycles. The Labute approximate surface area is 121 Å². The lowest BCUT2D eigenvalue weighted by Crippen LogP contribution is -2.56. The summed E-state index contributed by atoms with van der Waals surface area (Å²) in [4.78, 5) is 19.0. The summed E-state index contributed by atoms with van der Waals surface area (Å²) >= 11 is 1.65. The summed E-state index contributed by atoms with van der Waals surface area (Å²) in [6, 6.07) is 3.92. The number of hydrogen-bond acceptors (Lipinski definition) is 4. The van der Waals surface area contributed by atoms with Crippen LogP contribution in [0.4, 0.5) is 0 Å². The maximum Gasteiger partial charge on any atom is 0.271 e. The summed E-state index contributed by atoms with van der Waals surface area (Å²) in [6.45, 7) is 2.24. The average Bonchev–Trinajstić information content (AvgIpc) is 2.96. The first kappa shape index (κ1) is 12.3. The zero-order valence-corrected chi connectivity index (χ0v) is 12.0. The van der Waals surface area contributed by atoms with Crippen LogP contribution in [0.5, 0.6) is 0 Å². The van der Waals surface area contributed by atoms with Crippen molar-refractivity contribution in [1.29, 1.82) is 0 Å². The molecule has 2 aromatic heterocycles. The van der Waals surface area contributed by atoms with Gasteiger partial charge in [0.2, 0.25) is 0 Å². The van der Waals surface area contributed by atoms with Crippen LogP contribution in [0.3, 0.4) is 0 Å². The molecule has 3 aliphatic heterocycles. The Balaban J connectivity index is 1.52. The fourth-order valence-corrected chi connectivity index (χ4v) is 4.07. The highest BCUT2D eigenvalue weighted by Crippen LogP contribution is 2.30. The number of piperidine rings is 3. The Bertz CT molecular complexity index is 645. The van der Waals surface area contributed by atoms with Crippen molar-refractivity contribution in [1.82, 2.24) is 15.2 Å². The molecule has 4 nitrogen and oxygen atoms in total. The predicted molar refractivity (Wildman–Crippen MR) is 79.8 cm³/mol. The van der Waals surface area contributed by atoms with E-state index in [9.17, 15) is 4.79 Å². The first-order valence-electron chi connectivity index (χ1n) is 7.18. The van der Waals surface area contributed by atoms with Gasteiger partial charge in [0.1, 0.15) is 5.69 Å². The minimum Gasteiger partial charge on any atom is -0.335 e. The Morgan fingerprint density at radius 2 is 2.25 bits per heavy atom. The smallest absolute Gasteiger partial charge is 0.271 e. The lowest BCUT2D eigenvalue weighted by Gasteiger charge is -2.45. The molecular formula is C15H17N3OS. The van der Waals surface area contributed by atoms with Crippen molar-refractivity contribution < 1.29 is 4.79 Å². The summed E-state index contributed by atoms with van der Waals surface area (Å²) in [5.74, 6) is 0.744. The van der Waals surface area contributed by atoms with Crippen molar-refractivity contribution in [2.24, 2.45) is 5.92 Å². The van der Waals surface area contributed by atoms with E-state index in [1.54, 1.807) is 17.5 Å². The number of nitrogens with zero attached hydrogens (tertiary/aromatic N) is 2. The van der Waals surface area contributed by atoms with Crippen molar-refractivity contribution in [2.45, 2.75) is 25.4 Å². The quantitative estimate of drug-likeness (QED) is 0.923. The van der Waals surface area contributed by atoms with Crippen molar-refractivity contribution in [3.8, 4) is 0 Å². The van der Waals surface area contributed by atoms with Gasteiger partial charge in [-0.05, 0) is 48.1 Å². The van der Waals surface area contributed by atoms with Gasteiger partial charge in [0.25, 0.3) is 5.91 Å². The van der Waals surface area contributed by atoms with Gasteiger partial charge in [-0.25, -0.2) is 4.98 Å². The number of hydrogen-bond donors (Lipinski definition) is 1. The Morgan fingerprint density at radius 1 is 1.40 bits per heavy atom. The van der Waals surface area contributed by atoms with E-state index in [2.05, 4.69) is 15.2 Å². The van der Waals surface area contributed by atoms with Crippen LogP contribution in [-0.2, 0) is 0 Å². The molecule has 2 aromatic rings. The SMILES string of the molecule is O=C(NC1CC2CCN1CC2)c1cc2ccsc2cn1. The molecule has 3 fully saturated rings. The standard InChI is InChI=1S/C15H17N3OS/c19-15(12-8-11-3-6-20-13(11)9-16-12)17-14-7-10-1-4-18(14)5-2-10/h3,6,8-10,14H,1-2,4-5,7H2,(H,17,19). The summed E-state index contributed by atoms with van der Waals surface area (Å²) in [6.07, 6.45) is 5.65. The van der Waals surface area contributed by atoms with Gasteiger partial charge in [0, 0.05) is 19.3 Å². The van der Waals surface area contributed by atoms with E-state index in [-0.39, 0.29) is 12.1 Å². The highest BCUT2D eigenvalue weighted by atomic mass is 32.1. The minimum absolute atomic E-state index is 0.0457. The van der Waals surface area contributed by atoms with Gasteiger partial charge in [-0.2, -0.15) is 0 Å². The summed E-state index contributed by atoms with van der Waals surface area (Å²) in [5, 5.41) is 6.28. The van der Waals surface area contributed by atoms with Crippen LogP contribution >= 0.6 is 11.3 Å². The molecule has 0 aromatic carbocycles. The largest absolute Gasteiger partial charge is 0.335 e. The third kappa shape index (κ3) is 2.11. The molecule has 2 bridgehead atoms. The molecule has 0 spiro atoms. The molecule has 0 radical (unpaired) electrons. The fourth-order valence-electron chi connectivity index (χ4n) is 3.33. The Morgan fingerprint density at radius 3 is 3.00 bits per heavy atom. The van der Waals surface area contributed by atoms with Gasteiger partial charge in [0.05, 0.1) is 10.9 Å². The first-order valence-corrected chi connectivity index (χ1v) is 8.06. The van der Waals surface area contributed by atoms with Crippen LogP contribution in [0.15, 0.2) is 23.7 Å². The molecule has 20 heavy (non-hydrogen) atoms.